The standard InChI is InChI=1S/C21H32ClN3O4S/c1-14(2)20(24-12-15(3)29-16(4)13-24)21(26)23-17-7-8-18(22)19(11-17)30(27,28)25-9-5-6-10-25/h7-8,11,14-16,20H,5-6,9-10,12-13H2,1-4H3,(H,23,26). The lowest BCUT2D eigenvalue weighted by molar-refractivity contribution is -0.130. The number of halogens is 1. The summed E-state index contributed by atoms with van der Waals surface area (Å²) >= 11 is 6.22. The van der Waals surface area contributed by atoms with Crippen molar-refractivity contribution in [3.63, 3.8) is 0 Å². The molecule has 2 heterocycles. The summed E-state index contributed by atoms with van der Waals surface area (Å²) in [5.74, 6) is -0.0688. The maximum Gasteiger partial charge on any atom is 0.244 e. The fourth-order valence-electron chi connectivity index (χ4n) is 4.40. The molecule has 3 rings (SSSR count). The molecule has 2 saturated heterocycles. The van der Waals surface area contributed by atoms with Crippen LogP contribution in [0.5, 0.6) is 0 Å². The summed E-state index contributed by atoms with van der Waals surface area (Å²) in [5.41, 5.74) is 0.433. The lowest BCUT2D eigenvalue weighted by atomic mass is 9.99. The maximum absolute atomic E-state index is 13.2. The van der Waals surface area contributed by atoms with Crippen molar-refractivity contribution < 1.29 is 17.9 Å². The first-order valence-electron chi connectivity index (χ1n) is 10.6. The van der Waals surface area contributed by atoms with Gasteiger partial charge in [-0.25, -0.2) is 8.42 Å². The molecule has 1 aromatic rings. The first-order chi connectivity index (χ1) is 14.1. The third-order valence-corrected chi connectivity index (χ3v) is 8.00. The minimum Gasteiger partial charge on any atom is -0.373 e. The molecule has 0 spiro atoms. The molecule has 0 aromatic heterocycles. The number of nitrogens with zero attached hydrogens (tertiary/aromatic N) is 2. The summed E-state index contributed by atoms with van der Waals surface area (Å²) in [5, 5.41) is 3.08. The summed E-state index contributed by atoms with van der Waals surface area (Å²) in [6.45, 7) is 10.4. The molecule has 2 aliphatic heterocycles. The van der Waals surface area contributed by atoms with Crippen LogP contribution >= 0.6 is 11.6 Å². The molecule has 1 N–H and O–H groups in total. The van der Waals surface area contributed by atoms with E-state index < -0.39 is 10.0 Å². The first kappa shape index (κ1) is 23.5. The van der Waals surface area contributed by atoms with Crippen molar-refractivity contribution in [2.24, 2.45) is 5.92 Å². The van der Waals surface area contributed by atoms with Gasteiger partial charge in [-0.3, -0.25) is 9.69 Å². The van der Waals surface area contributed by atoms with Gasteiger partial charge in [0.15, 0.2) is 0 Å². The fraction of sp³-hybridized carbons (Fsp3) is 0.667. The van der Waals surface area contributed by atoms with E-state index in [-0.39, 0.29) is 40.0 Å². The van der Waals surface area contributed by atoms with Crippen LogP contribution in [0.4, 0.5) is 5.69 Å². The molecule has 0 aliphatic carbocycles. The van der Waals surface area contributed by atoms with E-state index in [2.05, 4.69) is 10.2 Å². The Kier molecular flexibility index (Phi) is 7.45. The van der Waals surface area contributed by atoms with Gasteiger partial charge < -0.3 is 10.1 Å². The Bertz CT molecular complexity index is 861. The first-order valence-corrected chi connectivity index (χ1v) is 12.4. The number of anilines is 1. The molecule has 0 saturated carbocycles. The third kappa shape index (κ3) is 5.16. The molecular formula is C21H32ClN3O4S. The predicted molar refractivity (Wildman–Crippen MR) is 118 cm³/mol. The Hall–Kier alpha value is -1.19. The van der Waals surface area contributed by atoms with Crippen LogP contribution in [0.3, 0.4) is 0 Å². The highest BCUT2D eigenvalue weighted by Crippen LogP contribution is 2.30. The van der Waals surface area contributed by atoms with Crippen LogP contribution < -0.4 is 5.32 Å². The lowest BCUT2D eigenvalue weighted by Gasteiger charge is -2.41. The second-order valence-corrected chi connectivity index (χ2v) is 11.0. The van der Waals surface area contributed by atoms with Crippen molar-refractivity contribution in [1.29, 1.82) is 0 Å². The van der Waals surface area contributed by atoms with Gasteiger partial charge >= 0.3 is 0 Å². The van der Waals surface area contributed by atoms with Gasteiger partial charge in [-0.2, -0.15) is 4.31 Å². The van der Waals surface area contributed by atoms with Gasteiger partial charge in [0, 0.05) is 31.9 Å². The number of hydrogen-bond donors (Lipinski definition) is 1. The summed E-state index contributed by atoms with van der Waals surface area (Å²) in [4.78, 5) is 15.4. The lowest BCUT2D eigenvalue weighted by Crippen LogP contribution is -2.55. The van der Waals surface area contributed by atoms with Crippen molar-refractivity contribution in [3.05, 3.63) is 23.2 Å². The van der Waals surface area contributed by atoms with Crippen LogP contribution in [-0.2, 0) is 19.6 Å². The summed E-state index contributed by atoms with van der Waals surface area (Å²) in [6, 6.07) is 4.30. The fourth-order valence-corrected chi connectivity index (χ4v) is 6.42. The zero-order valence-corrected chi connectivity index (χ0v) is 19.7. The number of hydrogen-bond acceptors (Lipinski definition) is 5. The van der Waals surface area contributed by atoms with Crippen LogP contribution in [0.25, 0.3) is 0 Å². The van der Waals surface area contributed by atoms with Crippen molar-refractivity contribution in [1.82, 2.24) is 9.21 Å². The van der Waals surface area contributed by atoms with Crippen molar-refractivity contribution in [2.75, 3.05) is 31.5 Å². The SMILES string of the molecule is CC1CN(C(C(=O)Nc2ccc(Cl)c(S(=O)(=O)N3CCCC3)c2)C(C)C)CC(C)O1. The highest BCUT2D eigenvalue weighted by molar-refractivity contribution is 7.89. The molecule has 9 heteroatoms. The van der Waals surface area contributed by atoms with E-state index in [1.807, 2.05) is 27.7 Å². The molecule has 1 aromatic carbocycles. The van der Waals surface area contributed by atoms with Gasteiger partial charge in [-0.1, -0.05) is 25.4 Å². The monoisotopic (exact) mass is 457 g/mol. The van der Waals surface area contributed by atoms with Gasteiger partial charge in [0.1, 0.15) is 4.90 Å². The Labute approximate surface area is 184 Å². The third-order valence-electron chi connectivity index (χ3n) is 5.62. The number of sulfonamides is 1. The minimum absolute atomic E-state index is 0.0404. The molecule has 168 valence electrons. The normalized spacial score (nSPS) is 24.9. The van der Waals surface area contributed by atoms with E-state index >= 15 is 0 Å². The summed E-state index contributed by atoms with van der Waals surface area (Å²) < 4.78 is 33.2. The molecule has 2 fully saturated rings. The van der Waals surface area contributed by atoms with Gasteiger partial charge in [-0.05, 0) is 50.8 Å². The molecule has 0 radical (unpaired) electrons. The highest BCUT2D eigenvalue weighted by atomic mass is 35.5. The maximum atomic E-state index is 13.2. The second-order valence-electron chi connectivity index (χ2n) is 8.65. The molecule has 7 nitrogen and oxygen atoms in total. The van der Waals surface area contributed by atoms with Crippen LogP contribution in [0.15, 0.2) is 23.1 Å². The van der Waals surface area contributed by atoms with E-state index in [9.17, 15) is 13.2 Å². The molecule has 30 heavy (non-hydrogen) atoms. The number of carbonyl (C=O) groups excluding carboxylic acids is 1. The van der Waals surface area contributed by atoms with Crippen LogP contribution in [0, 0.1) is 5.92 Å². The number of amides is 1. The molecule has 3 atom stereocenters. The van der Waals surface area contributed by atoms with Crippen LogP contribution in [0.1, 0.15) is 40.5 Å². The summed E-state index contributed by atoms with van der Waals surface area (Å²) in [7, 11) is -3.68. The minimum atomic E-state index is -3.68. The summed E-state index contributed by atoms with van der Waals surface area (Å²) in [6.07, 6.45) is 1.80. The van der Waals surface area contributed by atoms with Crippen LogP contribution in [-0.4, -0.2) is 68.0 Å². The Morgan fingerprint density at radius 3 is 2.33 bits per heavy atom. The van der Waals surface area contributed by atoms with Crippen molar-refractivity contribution in [2.45, 2.75) is 63.7 Å². The highest BCUT2D eigenvalue weighted by Gasteiger charge is 2.35. The van der Waals surface area contributed by atoms with E-state index in [1.54, 1.807) is 6.07 Å². The molecule has 3 unspecified atom stereocenters. The zero-order chi connectivity index (χ0) is 22.1. The van der Waals surface area contributed by atoms with Crippen molar-refractivity contribution in [3.8, 4) is 0 Å². The number of benzene rings is 1. The van der Waals surface area contributed by atoms with E-state index in [0.717, 1.165) is 12.8 Å². The molecule has 0 bridgehead atoms. The quantitative estimate of drug-likeness (QED) is 0.709. The Balaban J connectivity index is 1.81. The van der Waals surface area contributed by atoms with E-state index in [0.29, 0.717) is 31.9 Å². The number of carbonyl (C=O) groups is 1. The van der Waals surface area contributed by atoms with Gasteiger partial charge in [-0.15, -0.1) is 0 Å². The average Bonchev–Trinajstić information content (AvgIpc) is 3.17. The molecule has 1 amide bonds. The average molecular weight is 458 g/mol. The second kappa shape index (κ2) is 9.53. The Morgan fingerprint density at radius 2 is 1.77 bits per heavy atom. The van der Waals surface area contributed by atoms with E-state index in [1.165, 1.54) is 16.4 Å². The smallest absolute Gasteiger partial charge is 0.244 e. The Morgan fingerprint density at radius 1 is 1.17 bits per heavy atom. The number of morpholine rings is 1. The molecular weight excluding hydrogens is 426 g/mol. The largest absolute Gasteiger partial charge is 0.373 e. The number of nitrogens with one attached hydrogen (secondary N) is 1. The van der Waals surface area contributed by atoms with Gasteiger partial charge in [0.05, 0.1) is 23.3 Å². The van der Waals surface area contributed by atoms with Crippen molar-refractivity contribution >= 4 is 33.2 Å². The predicted octanol–water partition coefficient (Wildman–Crippen LogP) is 3.20. The zero-order valence-electron chi connectivity index (χ0n) is 18.1. The topological polar surface area (TPSA) is 79.0 Å². The van der Waals surface area contributed by atoms with Gasteiger partial charge in [0.2, 0.25) is 15.9 Å². The van der Waals surface area contributed by atoms with Crippen LogP contribution in [0.2, 0.25) is 5.02 Å². The molecule has 2 aliphatic rings. The number of rotatable bonds is 6. The van der Waals surface area contributed by atoms with Gasteiger partial charge in [0.25, 0.3) is 0 Å². The number of ether oxygens (including phenoxy) is 1. The van der Waals surface area contributed by atoms with E-state index in [4.69, 9.17) is 16.3 Å².